The summed E-state index contributed by atoms with van der Waals surface area (Å²) >= 11 is 1.27. The minimum Gasteiger partial charge on any atom is -0.501 e. The predicted octanol–water partition coefficient (Wildman–Crippen LogP) is 2.83. The predicted molar refractivity (Wildman–Crippen MR) is 129 cm³/mol. The van der Waals surface area contributed by atoms with Gasteiger partial charge < -0.3 is 14.7 Å². The smallest absolute Gasteiger partial charge is 0.300 e. The largest absolute Gasteiger partial charge is 0.501 e. The van der Waals surface area contributed by atoms with E-state index in [-0.39, 0.29) is 5.69 Å². The number of fused-ring (bicyclic) bond motifs is 1. The van der Waals surface area contributed by atoms with Crippen LogP contribution in [0.5, 0.6) is 5.75 Å². The summed E-state index contributed by atoms with van der Waals surface area (Å²) < 4.78 is 32.3. The first kappa shape index (κ1) is 22.6. The fraction of sp³-hybridized carbons (Fsp3) is 0.261. The van der Waals surface area contributed by atoms with E-state index in [1.807, 2.05) is 6.07 Å². The highest BCUT2D eigenvalue weighted by Crippen LogP contribution is 2.31. The third kappa shape index (κ3) is 4.33. The van der Waals surface area contributed by atoms with Crippen molar-refractivity contribution >= 4 is 33.5 Å². The fourth-order valence-electron chi connectivity index (χ4n) is 3.90. The van der Waals surface area contributed by atoms with Crippen molar-refractivity contribution in [2.24, 2.45) is 0 Å². The highest BCUT2D eigenvalue weighted by atomic mass is 32.2. The maximum Gasteiger partial charge on any atom is 0.300 e. The van der Waals surface area contributed by atoms with Gasteiger partial charge in [0.25, 0.3) is 0 Å². The second-order valence-electron chi connectivity index (χ2n) is 7.84. The molecule has 0 spiro atoms. The second kappa shape index (κ2) is 9.24. The number of pyridine rings is 1. The van der Waals surface area contributed by atoms with Gasteiger partial charge in [-0.05, 0) is 29.8 Å². The van der Waals surface area contributed by atoms with Gasteiger partial charge in [-0.3, -0.25) is 13.4 Å². The Morgan fingerprint density at radius 2 is 2.03 bits per heavy atom. The van der Waals surface area contributed by atoms with E-state index in [1.165, 1.54) is 34.1 Å². The molecule has 1 aliphatic rings. The molecule has 176 valence electrons. The number of halogens is 1. The molecule has 0 saturated carbocycles. The maximum absolute atomic E-state index is 13.6. The van der Waals surface area contributed by atoms with Gasteiger partial charge in [0.2, 0.25) is 5.75 Å². The molecule has 11 heteroatoms. The van der Waals surface area contributed by atoms with Gasteiger partial charge in [-0.1, -0.05) is 6.07 Å². The lowest BCUT2D eigenvalue weighted by Gasteiger charge is -2.28. The molecule has 1 aliphatic heterocycles. The molecular formula is C23H21FN4O4S2. The van der Waals surface area contributed by atoms with Crippen LogP contribution >= 0.6 is 11.3 Å². The van der Waals surface area contributed by atoms with Crippen molar-refractivity contribution in [3.63, 3.8) is 0 Å². The lowest BCUT2D eigenvalue weighted by Crippen LogP contribution is -2.36. The molecule has 1 N–H and O–H groups in total. The van der Waals surface area contributed by atoms with Crippen molar-refractivity contribution in [3.8, 4) is 16.5 Å². The maximum atomic E-state index is 13.6. The molecule has 0 amide bonds. The summed E-state index contributed by atoms with van der Waals surface area (Å²) in [5, 5.41) is 11.0. The number of benzene rings is 1. The number of nitrogens with zero attached hydrogens (tertiary/aromatic N) is 4. The Morgan fingerprint density at radius 1 is 1.24 bits per heavy atom. The van der Waals surface area contributed by atoms with Crippen molar-refractivity contribution in [2.75, 3.05) is 37.5 Å². The summed E-state index contributed by atoms with van der Waals surface area (Å²) in [6.45, 7) is 2.69. The minimum atomic E-state index is -1.34. The second-order valence-corrected chi connectivity index (χ2v) is 10.3. The van der Waals surface area contributed by atoms with Crippen LogP contribution < -0.4 is 10.5 Å². The number of thiazole rings is 1. The number of morpholine rings is 1. The van der Waals surface area contributed by atoms with Crippen LogP contribution in [0.25, 0.3) is 16.3 Å². The van der Waals surface area contributed by atoms with Crippen molar-refractivity contribution in [3.05, 3.63) is 69.3 Å². The van der Waals surface area contributed by atoms with Gasteiger partial charge in [-0.2, -0.15) is 0 Å². The Labute approximate surface area is 200 Å². The van der Waals surface area contributed by atoms with E-state index < -0.39 is 27.9 Å². The molecule has 34 heavy (non-hydrogen) atoms. The van der Waals surface area contributed by atoms with E-state index in [9.17, 15) is 18.5 Å². The summed E-state index contributed by atoms with van der Waals surface area (Å²) in [7, 11) is -1.34. The zero-order valence-electron chi connectivity index (χ0n) is 18.2. The number of hydrogen-bond acceptors (Lipinski definition) is 8. The summed E-state index contributed by atoms with van der Waals surface area (Å²) in [5.74, 6) is -0.920. The zero-order valence-corrected chi connectivity index (χ0v) is 19.9. The van der Waals surface area contributed by atoms with Crippen LogP contribution in [0.2, 0.25) is 0 Å². The van der Waals surface area contributed by atoms with Crippen LogP contribution in [0.1, 0.15) is 10.4 Å². The molecule has 1 fully saturated rings. The van der Waals surface area contributed by atoms with Gasteiger partial charge in [-0.15, -0.1) is 11.3 Å². The summed E-state index contributed by atoms with van der Waals surface area (Å²) in [6.07, 6.45) is 5.19. The average Bonchev–Trinajstić information content (AvgIpc) is 3.31. The first-order valence-electron chi connectivity index (χ1n) is 10.6. The number of hydrogen-bond donors (Lipinski definition) is 1. The van der Waals surface area contributed by atoms with Crippen LogP contribution in [0.4, 0.5) is 10.1 Å². The van der Waals surface area contributed by atoms with Crippen molar-refractivity contribution in [1.29, 1.82) is 0 Å². The van der Waals surface area contributed by atoms with Gasteiger partial charge in [0.1, 0.15) is 22.2 Å². The highest BCUT2D eigenvalue weighted by Gasteiger charge is 2.19. The molecule has 8 nitrogen and oxygen atoms in total. The third-order valence-electron chi connectivity index (χ3n) is 5.62. The normalized spacial score (nSPS) is 15.1. The lowest BCUT2D eigenvalue weighted by molar-refractivity contribution is 0.122. The Bertz CT molecular complexity index is 1460. The molecule has 1 atom stereocenters. The van der Waals surface area contributed by atoms with Gasteiger partial charge >= 0.3 is 5.56 Å². The molecule has 0 radical (unpaired) electrons. The monoisotopic (exact) mass is 500 g/mol. The van der Waals surface area contributed by atoms with Gasteiger partial charge in [0, 0.05) is 47.9 Å². The van der Waals surface area contributed by atoms with E-state index in [2.05, 4.69) is 14.9 Å². The highest BCUT2D eigenvalue weighted by molar-refractivity contribution is 7.84. The van der Waals surface area contributed by atoms with E-state index in [0.29, 0.717) is 35.2 Å². The molecule has 4 aromatic rings. The van der Waals surface area contributed by atoms with Gasteiger partial charge in [-0.25, -0.2) is 14.4 Å². The topological polar surface area (TPSA) is 97.0 Å². The fourth-order valence-corrected chi connectivity index (χ4v) is 5.62. The number of aromatic hydroxyl groups is 1. The van der Waals surface area contributed by atoms with Crippen LogP contribution in [0, 0.1) is 5.82 Å². The van der Waals surface area contributed by atoms with E-state index in [1.54, 1.807) is 24.5 Å². The first-order chi connectivity index (χ1) is 16.4. The molecule has 0 bridgehead atoms. The van der Waals surface area contributed by atoms with Crippen LogP contribution in [-0.2, 0) is 22.0 Å². The standard InChI is InChI=1S/C23H21FN4O4S2/c1-34(31)18-11-15(24)3-2-14(18)10-17-12-25-22(33-17)20-21(29)23(30)28-13-16(4-5-19(28)26-20)27-6-8-32-9-7-27/h2-5,11-13,29H,6-10H2,1H3. The molecule has 0 aliphatic carbocycles. The van der Waals surface area contributed by atoms with Crippen molar-refractivity contribution < 1.29 is 18.4 Å². The summed E-state index contributed by atoms with van der Waals surface area (Å²) in [4.78, 5) is 25.1. The Morgan fingerprint density at radius 3 is 2.79 bits per heavy atom. The zero-order chi connectivity index (χ0) is 23.8. The molecule has 3 aromatic heterocycles. The average molecular weight is 501 g/mol. The Kier molecular flexibility index (Phi) is 6.15. The molecular weight excluding hydrogens is 479 g/mol. The van der Waals surface area contributed by atoms with Gasteiger partial charge in [0.05, 0.1) is 29.7 Å². The summed E-state index contributed by atoms with van der Waals surface area (Å²) in [6, 6.07) is 7.84. The van der Waals surface area contributed by atoms with Gasteiger partial charge in [0.15, 0.2) is 0 Å². The molecule has 1 saturated heterocycles. The molecule has 1 aromatic carbocycles. The van der Waals surface area contributed by atoms with Crippen LogP contribution in [0.3, 0.4) is 0 Å². The Hall–Kier alpha value is -3.15. The molecule has 5 rings (SSSR count). The van der Waals surface area contributed by atoms with Crippen molar-refractivity contribution in [1.82, 2.24) is 14.4 Å². The lowest BCUT2D eigenvalue weighted by atomic mass is 10.1. The first-order valence-corrected chi connectivity index (χ1v) is 12.9. The number of rotatable bonds is 5. The quantitative estimate of drug-likeness (QED) is 0.450. The van der Waals surface area contributed by atoms with E-state index in [0.717, 1.165) is 29.2 Å². The number of anilines is 1. The number of aromatic nitrogens is 3. The van der Waals surface area contributed by atoms with Crippen LogP contribution in [-0.4, -0.2) is 56.2 Å². The minimum absolute atomic E-state index is 0.110. The molecule has 4 heterocycles. The number of ether oxygens (including phenoxy) is 1. The Balaban J connectivity index is 1.48. The molecule has 1 unspecified atom stereocenters. The SMILES string of the molecule is CS(=O)c1cc(F)ccc1Cc1cnc(-c2nc3ccc(N4CCOCC4)cn3c(=O)c2O)s1. The van der Waals surface area contributed by atoms with Crippen LogP contribution in [0.15, 0.2) is 52.4 Å². The third-order valence-corrected chi connectivity index (χ3v) is 7.62. The van der Waals surface area contributed by atoms with E-state index >= 15 is 0 Å². The summed E-state index contributed by atoms with van der Waals surface area (Å²) in [5.41, 5.74) is 1.51. The van der Waals surface area contributed by atoms with Crippen molar-refractivity contribution in [2.45, 2.75) is 11.3 Å². The van der Waals surface area contributed by atoms with E-state index in [4.69, 9.17) is 4.74 Å².